The van der Waals surface area contributed by atoms with Gasteiger partial charge in [-0.05, 0) is 36.8 Å². The molecule has 4 rings (SSSR count). The average molecular weight is 488 g/mol. The van der Waals surface area contributed by atoms with Crippen LogP contribution in [-0.2, 0) is 16.4 Å². The number of rotatable bonds is 7. The Hall–Kier alpha value is -2.56. The highest BCUT2D eigenvalue weighted by Gasteiger charge is 2.26. The monoisotopic (exact) mass is 487 g/mol. The summed E-state index contributed by atoms with van der Waals surface area (Å²) < 4.78 is 26.8. The van der Waals surface area contributed by atoms with Crippen molar-refractivity contribution in [1.82, 2.24) is 19.2 Å². The van der Waals surface area contributed by atoms with Crippen molar-refractivity contribution in [2.24, 2.45) is 0 Å². The van der Waals surface area contributed by atoms with E-state index < -0.39 is 10.0 Å². The summed E-state index contributed by atoms with van der Waals surface area (Å²) in [5.74, 6) is 0.840. The van der Waals surface area contributed by atoms with Gasteiger partial charge in [0.25, 0.3) is 5.91 Å². The lowest BCUT2D eigenvalue weighted by atomic mass is 10.2. The van der Waals surface area contributed by atoms with Gasteiger partial charge in [0.2, 0.25) is 10.0 Å². The molecule has 0 unspecified atom stereocenters. The zero-order valence-corrected chi connectivity index (χ0v) is 20.8. The molecule has 1 aliphatic heterocycles. The zero-order chi connectivity index (χ0) is 23.6. The van der Waals surface area contributed by atoms with Gasteiger partial charge in [0.1, 0.15) is 17.0 Å². The van der Waals surface area contributed by atoms with Gasteiger partial charge in [-0.25, -0.2) is 18.4 Å². The molecular formula is C23H29N5O3S2. The molecule has 0 aliphatic carbocycles. The lowest BCUT2D eigenvalue weighted by molar-refractivity contribution is 0.0746. The molecule has 1 fully saturated rings. The fraction of sp³-hybridized carbons (Fsp3) is 0.435. The summed E-state index contributed by atoms with van der Waals surface area (Å²) in [6, 6.07) is 8.43. The fourth-order valence-corrected chi connectivity index (χ4v) is 6.49. The van der Waals surface area contributed by atoms with Gasteiger partial charge in [0.05, 0.1) is 10.3 Å². The van der Waals surface area contributed by atoms with Crippen molar-refractivity contribution in [3.63, 3.8) is 0 Å². The molecule has 0 atom stereocenters. The van der Waals surface area contributed by atoms with E-state index in [0.717, 1.165) is 22.5 Å². The van der Waals surface area contributed by atoms with E-state index >= 15 is 0 Å². The van der Waals surface area contributed by atoms with Crippen molar-refractivity contribution in [2.45, 2.75) is 32.1 Å². The van der Waals surface area contributed by atoms with E-state index in [2.05, 4.69) is 27.9 Å². The molecule has 1 aromatic carbocycles. The fourth-order valence-electron chi connectivity index (χ4n) is 4.11. The summed E-state index contributed by atoms with van der Waals surface area (Å²) in [5, 5.41) is 1.07. The van der Waals surface area contributed by atoms with Crippen LogP contribution in [0.2, 0.25) is 0 Å². The molecule has 0 bridgehead atoms. The third-order valence-corrected chi connectivity index (χ3v) is 9.27. The summed E-state index contributed by atoms with van der Waals surface area (Å²) in [6.07, 6.45) is 2.58. The van der Waals surface area contributed by atoms with E-state index in [0.29, 0.717) is 44.8 Å². The van der Waals surface area contributed by atoms with Crippen LogP contribution in [-0.4, -0.2) is 72.8 Å². The number of aryl methyl sites for hydroxylation is 1. The maximum Gasteiger partial charge on any atom is 0.253 e. The lowest BCUT2D eigenvalue weighted by Crippen LogP contribution is -2.49. The van der Waals surface area contributed by atoms with Gasteiger partial charge in [-0.15, -0.1) is 11.3 Å². The molecule has 0 saturated carbocycles. The Balaban J connectivity index is 1.44. The molecule has 8 nitrogen and oxygen atoms in total. The highest BCUT2D eigenvalue weighted by Crippen LogP contribution is 2.31. The number of thiophene rings is 1. The molecule has 3 aromatic rings. The van der Waals surface area contributed by atoms with Crippen LogP contribution in [0.4, 0.5) is 5.82 Å². The molecule has 1 saturated heterocycles. The molecular weight excluding hydrogens is 458 g/mol. The number of hydrogen-bond donors (Lipinski definition) is 0. The summed E-state index contributed by atoms with van der Waals surface area (Å²) >= 11 is 1.70. The first-order valence-corrected chi connectivity index (χ1v) is 13.5. The van der Waals surface area contributed by atoms with Crippen LogP contribution in [0.1, 0.15) is 36.0 Å². The molecule has 33 heavy (non-hydrogen) atoms. The smallest absolute Gasteiger partial charge is 0.253 e. The van der Waals surface area contributed by atoms with Gasteiger partial charge < -0.3 is 9.80 Å². The summed E-state index contributed by atoms with van der Waals surface area (Å²) in [6.45, 7) is 9.10. The minimum atomic E-state index is -3.53. The number of anilines is 1. The van der Waals surface area contributed by atoms with Gasteiger partial charge >= 0.3 is 0 Å². The topological polar surface area (TPSA) is 86.7 Å². The van der Waals surface area contributed by atoms with Gasteiger partial charge in [0, 0.05) is 49.7 Å². The normalized spacial score (nSPS) is 14.9. The van der Waals surface area contributed by atoms with Crippen LogP contribution in [0, 0.1) is 0 Å². The molecule has 1 aliphatic rings. The molecule has 0 spiro atoms. The quantitative estimate of drug-likeness (QED) is 0.509. The van der Waals surface area contributed by atoms with Crippen molar-refractivity contribution in [1.29, 1.82) is 0 Å². The summed E-state index contributed by atoms with van der Waals surface area (Å²) in [5.41, 5.74) is 0.497. The second kappa shape index (κ2) is 9.74. The minimum Gasteiger partial charge on any atom is -0.352 e. The van der Waals surface area contributed by atoms with Crippen molar-refractivity contribution >= 4 is 43.3 Å². The first kappa shape index (κ1) is 23.6. The SMILES string of the molecule is CCc1cc2c(N3CCN(C(=O)c4ccc(S(=O)(=O)N(CC)CC)cc4)CC3)ncnc2s1. The number of fused-ring (bicyclic) bond motifs is 1. The number of aromatic nitrogens is 2. The molecule has 176 valence electrons. The predicted octanol–water partition coefficient (Wildman–Crippen LogP) is 3.25. The van der Waals surface area contributed by atoms with Gasteiger partial charge in [-0.2, -0.15) is 4.31 Å². The van der Waals surface area contributed by atoms with Crippen LogP contribution in [0.5, 0.6) is 0 Å². The van der Waals surface area contributed by atoms with Crippen molar-refractivity contribution in [3.05, 3.63) is 47.1 Å². The van der Waals surface area contributed by atoms with E-state index in [9.17, 15) is 13.2 Å². The maximum absolute atomic E-state index is 13.0. The van der Waals surface area contributed by atoms with Crippen molar-refractivity contribution < 1.29 is 13.2 Å². The number of nitrogens with zero attached hydrogens (tertiary/aromatic N) is 5. The number of benzene rings is 1. The Kier molecular flexibility index (Phi) is 6.96. The number of carbonyl (C=O) groups is 1. The Morgan fingerprint density at radius 2 is 1.70 bits per heavy atom. The van der Waals surface area contributed by atoms with Crippen molar-refractivity contribution in [3.8, 4) is 0 Å². The third-order valence-electron chi connectivity index (χ3n) is 6.02. The van der Waals surface area contributed by atoms with E-state index in [1.54, 1.807) is 29.8 Å². The first-order chi connectivity index (χ1) is 15.9. The second-order valence-corrected chi connectivity index (χ2v) is 10.9. The Morgan fingerprint density at radius 3 is 2.30 bits per heavy atom. The predicted molar refractivity (Wildman–Crippen MR) is 131 cm³/mol. The number of amides is 1. The van der Waals surface area contributed by atoms with Crippen LogP contribution in [0.3, 0.4) is 0 Å². The molecule has 0 radical (unpaired) electrons. The Morgan fingerprint density at radius 1 is 1.03 bits per heavy atom. The molecule has 10 heteroatoms. The van der Waals surface area contributed by atoms with Crippen LogP contribution in [0.25, 0.3) is 10.2 Å². The highest BCUT2D eigenvalue weighted by atomic mass is 32.2. The third kappa shape index (κ3) is 4.60. The van der Waals surface area contributed by atoms with Gasteiger partial charge in [-0.1, -0.05) is 20.8 Å². The number of sulfonamides is 1. The summed E-state index contributed by atoms with van der Waals surface area (Å²) in [7, 11) is -3.53. The second-order valence-electron chi connectivity index (χ2n) is 7.88. The van der Waals surface area contributed by atoms with Crippen LogP contribution in [0.15, 0.2) is 41.6 Å². The minimum absolute atomic E-state index is 0.0851. The van der Waals surface area contributed by atoms with Crippen LogP contribution >= 0.6 is 11.3 Å². The number of hydrogen-bond acceptors (Lipinski definition) is 7. The molecule has 1 amide bonds. The van der Waals surface area contributed by atoms with E-state index in [4.69, 9.17) is 0 Å². The van der Waals surface area contributed by atoms with Gasteiger partial charge in [-0.3, -0.25) is 4.79 Å². The van der Waals surface area contributed by atoms with E-state index in [1.807, 2.05) is 18.7 Å². The van der Waals surface area contributed by atoms with E-state index in [1.165, 1.54) is 21.3 Å². The highest BCUT2D eigenvalue weighted by molar-refractivity contribution is 7.89. The zero-order valence-electron chi connectivity index (χ0n) is 19.2. The molecule has 2 aromatic heterocycles. The van der Waals surface area contributed by atoms with Gasteiger partial charge in [0.15, 0.2) is 0 Å². The Labute approximate surface area is 198 Å². The van der Waals surface area contributed by atoms with E-state index in [-0.39, 0.29) is 10.8 Å². The number of piperazine rings is 1. The number of carbonyl (C=O) groups excluding carboxylic acids is 1. The average Bonchev–Trinajstić information content (AvgIpc) is 3.28. The Bertz CT molecular complexity index is 1230. The maximum atomic E-state index is 13.0. The molecule has 3 heterocycles. The largest absolute Gasteiger partial charge is 0.352 e. The molecule has 0 N–H and O–H groups in total. The van der Waals surface area contributed by atoms with Crippen LogP contribution < -0.4 is 4.90 Å². The van der Waals surface area contributed by atoms with Crippen molar-refractivity contribution in [2.75, 3.05) is 44.2 Å². The lowest BCUT2D eigenvalue weighted by Gasteiger charge is -2.35. The summed E-state index contributed by atoms with van der Waals surface area (Å²) in [4.78, 5) is 28.5. The standard InChI is InChI=1S/C23H29N5O3S2/c1-4-18-15-20-21(24-16-25-22(20)32-18)26-11-13-27(14-12-26)23(29)17-7-9-19(10-8-17)33(30,31)28(5-2)6-3/h7-10,15-16H,4-6,11-14H2,1-3H3. The first-order valence-electron chi connectivity index (χ1n) is 11.3.